The molecular weight excluding hydrogens is 292 g/mol. The maximum atomic E-state index is 11.5. The number of carbonyl (C=O) groups excluding carboxylic acids is 1. The molecule has 1 aliphatic rings. The second kappa shape index (κ2) is 5.13. The Labute approximate surface area is 122 Å². The number of ether oxygens (including phenoxy) is 1. The van der Waals surface area contributed by atoms with E-state index in [0.29, 0.717) is 17.6 Å². The number of aliphatic hydroxyl groups is 1. The molecule has 1 aliphatic heterocycles. The van der Waals surface area contributed by atoms with Gasteiger partial charge in [0.1, 0.15) is 18.0 Å². The predicted molar refractivity (Wildman–Crippen MR) is 78.4 cm³/mol. The van der Waals surface area contributed by atoms with Gasteiger partial charge in [0.2, 0.25) is 0 Å². The monoisotopic (exact) mass is 306 g/mol. The maximum Gasteiger partial charge on any atom is 0.156 e. The van der Waals surface area contributed by atoms with Gasteiger partial charge in [0.05, 0.1) is 17.1 Å². The number of carbonyl (C=O) groups is 1. The van der Waals surface area contributed by atoms with E-state index in [9.17, 15) is 18.3 Å². The van der Waals surface area contributed by atoms with Crippen molar-refractivity contribution < 1.29 is 23.1 Å². The molecule has 1 N–H and O–H groups in total. The Balaban J connectivity index is 2.00. The fourth-order valence-corrected chi connectivity index (χ4v) is 4.23. The predicted octanol–water partition coefficient (Wildman–Crippen LogP) is 1.19. The molecular formula is C15H14O5S. The zero-order valence-corrected chi connectivity index (χ0v) is 11.9. The Morgan fingerprint density at radius 1 is 1.14 bits per heavy atom. The molecule has 0 spiro atoms. The fraction of sp³-hybridized carbons (Fsp3) is 0.267. The summed E-state index contributed by atoms with van der Waals surface area (Å²) >= 11 is 0. The van der Waals surface area contributed by atoms with E-state index in [1.807, 2.05) is 18.2 Å². The van der Waals surface area contributed by atoms with Gasteiger partial charge in [-0.25, -0.2) is 8.42 Å². The van der Waals surface area contributed by atoms with E-state index in [4.69, 9.17) is 4.74 Å². The topological polar surface area (TPSA) is 80.7 Å². The average molecular weight is 306 g/mol. The van der Waals surface area contributed by atoms with E-state index >= 15 is 0 Å². The van der Waals surface area contributed by atoms with Crippen LogP contribution < -0.4 is 4.74 Å². The quantitative estimate of drug-likeness (QED) is 0.862. The molecule has 2 aromatic rings. The van der Waals surface area contributed by atoms with Crippen LogP contribution in [0.2, 0.25) is 0 Å². The summed E-state index contributed by atoms with van der Waals surface area (Å²) in [7, 11) is -3.29. The van der Waals surface area contributed by atoms with Crippen molar-refractivity contribution in [1.29, 1.82) is 0 Å². The van der Waals surface area contributed by atoms with Gasteiger partial charge in [0.15, 0.2) is 16.1 Å². The minimum Gasteiger partial charge on any atom is -0.486 e. The van der Waals surface area contributed by atoms with Gasteiger partial charge in [-0.15, -0.1) is 0 Å². The van der Waals surface area contributed by atoms with E-state index in [2.05, 4.69) is 0 Å². The van der Waals surface area contributed by atoms with Crippen molar-refractivity contribution in [2.75, 3.05) is 11.5 Å². The fourth-order valence-electron chi connectivity index (χ4n) is 2.57. The van der Waals surface area contributed by atoms with Crippen LogP contribution in [-0.2, 0) is 9.84 Å². The third-order valence-corrected chi connectivity index (χ3v) is 5.28. The highest BCUT2D eigenvalue weighted by atomic mass is 32.2. The largest absolute Gasteiger partial charge is 0.486 e. The Bertz CT molecular complexity index is 797. The molecule has 0 bridgehead atoms. The standard InChI is InChI=1S/C15H14O5S/c16-7-12-11-4-2-1-3-10(11)5-6-14(12)20-15-9-21(18,19)8-13(15)17/h1-7,13,15,17H,8-9H2. The van der Waals surface area contributed by atoms with E-state index < -0.39 is 22.0 Å². The van der Waals surface area contributed by atoms with E-state index in [1.165, 1.54) is 0 Å². The Kier molecular flexibility index (Phi) is 3.43. The third kappa shape index (κ3) is 2.64. The van der Waals surface area contributed by atoms with Gasteiger partial charge in [-0.1, -0.05) is 30.3 Å². The van der Waals surface area contributed by atoms with Crippen LogP contribution in [0.15, 0.2) is 36.4 Å². The molecule has 5 nitrogen and oxygen atoms in total. The van der Waals surface area contributed by atoms with E-state index in [-0.39, 0.29) is 11.5 Å². The molecule has 1 fully saturated rings. The van der Waals surface area contributed by atoms with Crippen LogP contribution in [0.5, 0.6) is 5.75 Å². The summed E-state index contributed by atoms with van der Waals surface area (Å²) in [5, 5.41) is 11.4. The zero-order valence-electron chi connectivity index (χ0n) is 11.1. The first-order valence-corrected chi connectivity index (χ1v) is 8.34. The van der Waals surface area contributed by atoms with Crippen molar-refractivity contribution in [3.8, 4) is 5.75 Å². The molecule has 0 aliphatic carbocycles. The van der Waals surface area contributed by atoms with Crippen molar-refractivity contribution in [2.24, 2.45) is 0 Å². The molecule has 110 valence electrons. The summed E-state index contributed by atoms with van der Waals surface area (Å²) in [5.41, 5.74) is 0.365. The zero-order chi connectivity index (χ0) is 15.0. The van der Waals surface area contributed by atoms with Crippen LogP contribution in [0.3, 0.4) is 0 Å². The van der Waals surface area contributed by atoms with Crippen LogP contribution in [0.1, 0.15) is 10.4 Å². The average Bonchev–Trinajstić information content (AvgIpc) is 2.71. The summed E-state index contributed by atoms with van der Waals surface area (Å²) in [6.07, 6.45) is -1.22. The summed E-state index contributed by atoms with van der Waals surface area (Å²) in [4.78, 5) is 11.4. The second-order valence-corrected chi connectivity index (χ2v) is 7.27. The third-order valence-electron chi connectivity index (χ3n) is 3.60. The molecule has 0 amide bonds. The summed E-state index contributed by atoms with van der Waals surface area (Å²) < 4.78 is 28.6. The molecule has 1 saturated heterocycles. The highest BCUT2D eigenvalue weighted by Crippen LogP contribution is 2.29. The van der Waals surface area contributed by atoms with Gasteiger partial charge in [0.25, 0.3) is 0 Å². The van der Waals surface area contributed by atoms with Crippen molar-refractivity contribution in [3.05, 3.63) is 42.0 Å². The molecule has 2 unspecified atom stereocenters. The van der Waals surface area contributed by atoms with E-state index in [1.54, 1.807) is 18.2 Å². The number of fused-ring (bicyclic) bond motifs is 1. The Hall–Kier alpha value is -1.92. The lowest BCUT2D eigenvalue weighted by atomic mass is 10.0. The Morgan fingerprint density at radius 2 is 1.90 bits per heavy atom. The van der Waals surface area contributed by atoms with Gasteiger partial charge < -0.3 is 9.84 Å². The summed E-state index contributed by atoms with van der Waals surface area (Å²) in [5.74, 6) is -0.245. The van der Waals surface area contributed by atoms with Crippen LogP contribution in [0, 0.1) is 0 Å². The molecule has 1 heterocycles. The first kappa shape index (κ1) is 14.0. The molecule has 0 radical (unpaired) electrons. The van der Waals surface area contributed by atoms with Gasteiger partial charge in [-0.3, -0.25) is 4.79 Å². The first-order chi connectivity index (χ1) is 10.00. The summed E-state index contributed by atoms with van der Waals surface area (Å²) in [6, 6.07) is 10.8. The number of aldehydes is 1. The molecule has 3 rings (SSSR count). The van der Waals surface area contributed by atoms with Crippen molar-refractivity contribution >= 4 is 26.9 Å². The van der Waals surface area contributed by atoms with Gasteiger partial charge in [-0.2, -0.15) is 0 Å². The smallest absolute Gasteiger partial charge is 0.156 e. The number of hydrogen-bond acceptors (Lipinski definition) is 5. The number of hydrogen-bond donors (Lipinski definition) is 1. The van der Waals surface area contributed by atoms with Crippen molar-refractivity contribution in [2.45, 2.75) is 12.2 Å². The number of benzene rings is 2. The molecule has 2 aromatic carbocycles. The Morgan fingerprint density at radius 3 is 2.57 bits per heavy atom. The van der Waals surface area contributed by atoms with Crippen LogP contribution >= 0.6 is 0 Å². The lowest BCUT2D eigenvalue weighted by molar-refractivity contribution is 0.0730. The number of sulfone groups is 1. The van der Waals surface area contributed by atoms with Crippen molar-refractivity contribution in [1.82, 2.24) is 0 Å². The van der Waals surface area contributed by atoms with E-state index in [0.717, 1.165) is 10.8 Å². The lowest BCUT2D eigenvalue weighted by Gasteiger charge is -2.17. The van der Waals surface area contributed by atoms with Gasteiger partial charge in [0, 0.05) is 0 Å². The molecule has 0 saturated carbocycles. The molecule has 21 heavy (non-hydrogen) atoms. The second-order valence-electron chi connectivity index (χ2n) is 5.12. The molecule has 2 atom stereocenters. The number of aliphatic hydroxyl groups excluding tert-OH is 1. The number of rotatable bonds is 3. The van der Waals surface area contributed by atoms with Crippen LogP contribution in [0.25, 0.3) is 10.8 Å². The highest BCUT2D eigenvalue weighted by Gasteiger charge is 2.38. The van der Waals surface area contributed by atoms with Crippen molar-refractivity contribution in [3.63, 3.8) is 0 Å². The SMILES string of the molecule is O=Cc1c(OC2CS(=O)(=O)CC2O)ccc2ccccc12. The lowest BCUT2D eigenvalue weighted by Crippen LogP contribution is -2.30. The molecule has 6 heteroatoms. The summed E-state index contributed by atoms with van der Waals surface area (Å²) in [6.45, 7) is 0. The first-order valence-electron chi connectivity index (χ1n) is 6.52. The normalized spacial score (nSPS) is 24.0. The van der Waals surface area contributed by atoms with Crippen LogP contribution in [0.4, 0.5) is 0 Å². The highest BCUT2D eigenvalue weighted by molar-refractivity contribution is 7.91. The van der Waals surface area contributed by atoms with Gasteiger partial charge in [-0.05, 0) is 16.8 Å². The maximum absolute atomic E-state index is 11.5. The van der Waals surface area contributed by atoms with Crippen LogP contribution in [-0.4, -0.2) is 43.5 Å². The minimum atomic E-state index is -3.29. The van der Waals surface area contributed by atoms with Gasteiger partial charge >= 0.3 is 0 Å². The molecule has 0 aromatic heterocycles. The minimum absolute atomic E-state index is 0.237.